The van der Waals surface area contributed by atoms with Crippen LogP contribution in [0.1, 0.15) is 29.8 Å². The zero-order chi connectivity index (χ0) is 20.9. The fourth-order valence-corrected chi connectivity index (χ4v) is 4.04. The van der Waals surface area contributed by atoms with Gasteiger partial charge in [-0.15, -0.1) is 0 Å². The highest BCUT2D eigenvalue weighted by Gasteiger charge is 2.19. The van der Waals surface area contributed by atoms with E-state index in [1.807, 2.05) is 23.1 Å². The van der Waals surface area contributed by atoms with Gasteiger partial charge in [-0.1, -0.05) is 36.4 Å². The Morgan fingerprint density at radius 3 is 2.70 bits per heavy atom. The Labute approximate surface area is 176 Å². The van der Waals surface area contributed by atoms with Gasteiger partial charge in [-0.25, -0.2) is 4.98 Å². The molecule has 0 atom stereocenters. The van der Waals surface area contributed by atoms with Gasteiger partial charge in [-0.2, -0.15) is 0 Å². The molecule has 0 radical (unpaired) electrons. The lowest BCUT2D eigenvalue weighted by molar-refractivity contribution is -0.131. The van der Waals surface area contributed by atoms with Crippen molar-refractivity contribution in [3.05, 3.63) is 75.8 Å². The third kappa shape index (κ3) is 4.76. The van der Waals surface area contributed by atoms with E-state index in [-0.39, 0.29) is 11.5 Å². The topological polar surface area (TPSA) is 69.3 Å². The van der Waals surface area contributed by atoms with Crippen molar-refractivity contribution in [1.29, 1.82) is 0 Å². The maximum Gasteiger partial charge on any atom is 0.258 e. The minimum Gasteiger partial charge on any atom is -0.341 e. The average Bonchev–Trinajstić information content (AvgIpc) is 2.99. The minimum absolute atomic E-state index is 0.128. The van der Waals surface area contributed by atoms with Crippen LogP contribution in [0.4, 0.5) is 0 Å². The molecule has 1 aromatic heterocycles. The van der Waals surface area contributed by atoms with E-state index in [0.29, 0.717) is 29.6 Å². The van der Waals surface area contributed by atoms with Gasteiger partial charge in [0, 0.05) is 45.6 Å². The summed E-state index contributed by atoms with van der Waals surface area (Å²) in [6.07, 6.45) is 1.78. The molecule has 6 nitrogen and oxygen atoms in total. The summed E-state index contributed by atoms with van der Waals surface area (Å²) in [5.41, 5.74) is 3.19. The molecule has 0 bridgehead atoms. The van der Waals surface area contributed by atoms with Crippen LogP contribution in [0.2, 0.25) is 0 Å². The van der Waals surface area contributed by atoms with Gasteiger partial charge >= 0.3 is 0 Å². The van der Waals surface area contributed by atoms with Crippen LogP contribution in [0.25, 0.3) is 10.9 Å². The Morgan fingerprint density at radius 1 is 1.03 bits per heavy atom. The Kier molecular flexibility index (Phi) is 6.23. The second kappa shape index (κ2) is 9.22. The fraction of sp³-hybridized carbons (Fsp3) is 0.375. The van der Waals surface area contributed by atoms with Gasteiger partial charge in [0.05, 0.1) is 10.9 Å². The third-order valence-electron chi connectivity index (χ3n) is 5.83. The zero-order valence-corrected chi connectivity index (χ0v) is 17.4. The van der Waals surface area contributed by atoms with Crippen molar-refractivity contribution in [3.63, 3.8) is 0 Å². The highest BCUT2D eigenvalue weighted by molar-refractivity contribution is 5.78. The van der Waals surface area contributed by atoms with Gasteiger partial charge in [-0.3, -0.25) is 14.5 Å². The molecule has 0 aliphatic carbocycles. The first-order chi connectivity index (χ1) is 14.6. The van der Waals surface area contributed by atoms with Gasteiger partial charge in [0.25, 0.3) is 5.56 Å². The molecule has 1 aliphatic heterocycles. The van der Waals surface area contributed by atoms with E-state index in [4.69, 9.17) is 0 Å². The molecule has 6 heteroatoms. The molecule has 1 saturated heterocycles. The molecule has 3 aromatic rings. The van der Waals surface area contributed by atoms with Crippen LogP contribution >= 0.6 is 0 Å². The maximum absolute atomic E-state index is 12.8. The molecule has 1 N–H and O–H groups in total. The van der Waals surface area contributed by atoms with Crippen molar-refractivity contribution < 1.29 is 4.79 Å². The normalized spacial score (nSPS) is 15.3. The molecule has 2 aromatic carbocycles. The highest BCUT2D eigenvalue weighted by Crippen LogP contribution is 2.14. The van der Waals surface area contributed by atoms with Crippen molar-refractivity contribution in [3.8, 4) is 0 Å². The van der Waals surface area contributed by atoms with E-state index in [1.54, 1.807) is 6.07 Å². The van der Waals surface area contributed by atoms with E-state index in [0.717, 1.165) is 39.1 Å². The van der Waals surface area contributed by atoms with E-state index in [9.17, 15) is 9.59 Å². The number of fused-ring (bicyclic) bond motifs is 1. The number of hydrogen-bond acceptors (Lipinski definition) is 4. The zero-order valence-electron chi connectivity index (χ0n) is 17.4. The Hall–Kier alpha value is -2.99. The summed E-state index contributed by atoms with van der Waals surface area (Å²) < 4.78 is 0. The number of amides is 1. The largest absolute Gasteiger partial charge is 0.341 e. The van der Waals surface area contributed by atoms with Crippen LogP contribution in [0.5, 0.6) is 0 Å². The summed E-state index contributed by atoms with van der Waals surface area (Å²) >= 11 is 0. The summed E-state index contributed by atoms with van der Waals surface area (Å²) in [5.74, 6) is 0.701. The predicted octanol–water partition coefficient (Wildman–Crippen LogP) is 2.90. The standard InChI is InChI=1S/C24H28N4O2/c1-18-7-2-3-8-19(18)17-27-13-6-14-28(16-15-27)23(29)12-11-22-25-21-10-5-4-9-20(21)24(30)26-22/h2-5,7-10H,6,11-17H2,1H3,(H,25,26,30). The number of aromatic nitrogens is 2. The molecule has 0 unspecified atom stereocenters. The van der Waals surface area contributed by atoms with Crippen LogP contribution < -0.4 is 5.56 Å². The van der Waals surface area contributed by atoms with E-state index in [1.165, 1.54) is 11.1 Å². The smallest absolute Gasteiger partial charge is 0.258 e. The first-order valence-corrected chi connectivity index (χ1v) is 10.6. The van der Waals surface area contributed by atoms with Crippen LogP contribution in [0.3, 0.4) is 0 Å². The van der Waals surface area contributed by atoms with Gasteiger partial charge in [0.1, 0.15) is 5.82 Å². The number of carbonyl (C=O) groups excluding carboxylic acids is 1. The van der Waals surface area contributed by atoms with Gasteiger partial charge in [0.2, 0.25) is 5.91 Å². The molecule has 0 saturated carbocycles. The van der Waals surface area contributed by atoms with E-state index in [2.05, 4.69) is 46.1 Å². The number of aryl methyl sites for hydroxylation is 2. The summed E-state index contributed by atoms with van der Waals surface area (Å²) in [4.78, 5) is 36.7. The summed E-state index contributed by atoms with van der Waals surface area (Å²) in [6.45, 7) is 6.48. The first kappa shape index (κ1) is 20.3. The lowest BCUT2D eigenvalue weighted by atomic mass is 10.1. The molecule has 0 spiro atoms. The molecule has 156 valence electrons. The highest BCUT2D eigenvalue weighted by atomic mass is 16.2. The number of rotatable bonds is 5. The summed E-state index contributed by atoms with van der Waals surface area (Å²) in [5, 5.41) is 0.578. The number of aromatic amines is 1. The number of nitrogens with zero attached hydrogens (tertiary/aromatic N) is 3. The second-order valence-electron chi connectivity index (χ2n) is 7.97. The fourth-order valence-electron chi connectivity index (χ4n) is 4.04. The van der Waals surface area contributed by atoms with Gasteiger partial charge in [-0.05, 0) is 36.6 Å². The van der Waals surface area contributed by atoms with E-state index < -0.39 is 0 Å². The van der Waals surface area contributed by atoms with Crippen molar-refractivity contribution in [2.75, 3.05) is 26.2 Å². The predicted molar refractivity (Wildman–Crippen MR) is 118 cm³/mol. The summed E-state index contributed by atoms with van der Waals surface area (Å²) in [7, 11) is 0. The van der Waals surface area contributed by atoms with Crippen LogP contribution in [-0.2, 0) is 17.8 Å². The molecule has 2 heterocycles. The molecule has 4 rings (SSSR count). The van der Waals surface area contributed by atoms with Gasteiger partial charge < -0.3 is 9.88 Å². The molecule has 1 amide bonds. The molecule has 1 aliphatic rings. The molecule has 30 heavy (non-hydrogen) atoms. The maximum atomic E-state index is 12.8. The first-order valence-electron chi connectivity index (χ1n) is 10.6. The Bertz CT molecular complexity index is 1090. The lowest BCUT2D eigenvalue weighted by Gasteiger charge is -2.22. The summed E-state index contributed by atoms with van der Waals surface area (Å²) in [6, 6.07) is 15.8. The lowest BCUT2D eigenvalue weighted by Crippen LogP contribution is -2.35. The SMILES string of the molecule is Cc1ccccc1CN1CCCN(C(=O)CCc2nc3ccccc3c(=O)[nH]2)CC1. The monoisotopic (exact) mass is 404 g/mol. The van der Waals surface area contributed by atoms with Crippen molar-refractivity contribution in [1.82, 2.24) is 19.8 Å². The van der Waals surface area contributed by atoms with Crippen LogP contribution in [-0.4, -0.2) is 51.9 Å². The van der Waals surface area contributed by atoms with Gasteiger partial charge in [0.15, 0.2) is 0 Å². The molecular weight excluding hydrogens is 376 g/mol. The van der Waals surface area contributed by atoms with Crippen LogP contribution in [0.15, 0.2) is 53.3 Å². The second-order valence-corrected chi connectivity index (χ2v) is 7.97. The Balaban J connectivity index is 1.33. The van der Waals surface area contributed by atoms with Crippen molar-refractivity contribution in [2.24, 2.45) is 0 Å². The van der Waals surface area contributed by atoms with E-state index >= 15 is 0 Å². The number of carbonyl (C=O) groups is 1. The average molecular weight is 405 g/mol. The number of hydrogen-bond donors (Lipinski definition) is 1. The van der Waals surface area contributed by atoms with Crippen molar-refractivity contribution in [2.45, 2.75) is 32.7 Å². The molecular formula is C24H28N4O2. The van der Waals surface area contributed by atoms with Crippen LogP contribution in [0, 0.1) is 6.92 Å². The Morgan fingerprint density at radius 2 is 1.83 bits per heavy atom. The van der Waals surface area contributed by atoms with Crippen molar-refractivity contribution >= 4 is 16.8 Å². The third-order valence-corrected chi connectivity index (χ3v) is 5.83. The number of H-pyrrole nitrogens is 1. The number of nitrogens with one attached hydrogen (secondary N) is 1. The number of benzene rings is 2. The molecule has 1 fully saturated rings. The number of para-hydroxylation sites is 1. The minimum atomic E-state index is -0.148. The quantitative estimate of drug-likeness (QED) is 0.710.